The number of morpholine rings is 1. The number of rotatable bonds is 4. The summed E-state index contributed by atoms with van der Waals surface area (Å²) in [6, 6.07) is 4.12. The molecule has 0 radical (unpaired) electrons. The topological polar surface area (TPSA) is 64.8 Å². The molecule has 0 aromatic heterocycles. The van der Waals surface area contributed by atoms with Crippen LogP contribution in [0.5, 0.6) is 5.75 Å². The maximum Gasteiger partial charge on any atom is 0.260 e. The summed E-state index contributed by atoms with van der Waals surface area (Å²) in [6.45, 7) is 2.33. The van der Waals surface area contributed by atoms with Gasteiger partial charge in [-0.1, -0.05) is 6.07 Å². The number of carbonyl (C=O) groups excluding carboxylic acids is 1. The number of ether oxygens (including phenoxy) is 2. The third kappa shape index (κ3) is 4.33. The van der Waals surface area contributed by atoms with Crippen molar-refractivity contribution < 1.29 is 18.7 Å². The van der Waals surface area contributed by atoms with Crippen LogP contribution in [0.3, 0.4) is 0 Å². The molecule has 5 nitrogen and oxygen atoms in total. The van der Waals surface area contributed by atoms with Gasteiger partial charge in [0.1, 0.15) is 11.6 Å². The molecular weight excluding hydrogens is 287 g/mol. The lowest BCUT2D eigenvalue weighted by Gasteiger charge is -2.26. The maximum absolute atomic E-state index is 13.1. The van der Waals surface area contributed by atoms with Crippen LogP contribution >= 0.6 is 12.4 Å². The largest absolute Gasteiger partial charge is 0.483 e. The predicted octanol–water partition coefficient (Wildman–Crippen LogP) is 0.944. The number of nitrogens with two attached hydrogens (primary N) is 1. The summed E-state index contributed by atoms with van der Waals surface area (Å²) < 4.78 is 23.7. The van der Waals surface area contributed by atoms with Gasteiger partial charge in [-0.15, -0.1) is 12.4 Å². The first-order valence-electron chi connectivity index (χ1n) is 6.17. The molecule has 1 saturated heterocycles. The van der Waals surface area contributed by atoms with E-state index in [-0.39, 0.29) is 31.5 Å². The van der Waals surface area contributed by atoms with Crippen molar-refractivity contribution in [2.24, 2.45) is 5.73 Å². The summed E-state index contributed by atoms with van der Waals surface area (Å²) in [5.41, 5.74) is 6.21. The molecule has 20 heavy (non-hydrogen) atoms. The van der Waals surface area contributed by atoms with Crippen LogP contribution < -0.4 is 10.5 Å². The number of halogens is 2. The monoisotopic (exact) mass is 304 g/mol. The first kappa shape index (κ1) is 16.7. The van der Waals surface area contributed by atoms with Crippen molar-refractivity contribution in [1.29, 1.82) is 0 Å². The Morgan fingerprint density at radius 3 is 2.75 bits per heavy atom. The van der Waals surface area contributed by atoms with Gasteiger partial charge in [-0.25, -0.2) is 4.39 Å². The van der Waals surface area contributed by atoms with Crippen molar-refractivity contribution in [2.75, 3.05) is 32.9 Å². The fraction of sp³-hybridized carbons (Fsp3) is 0.462. The molecule has 1 aliphatic rings. The summed E-state index contributed by atoms with van der Waals surface area (Å²) in [5, 5.41) is 0. The molecule has 0 saturated carbocycles. The number of amides is 1. The Balaban J connectivity index is 0.00000200. The van der Waals surface area contributed by atoms with E-state index in [0.29, 0.717) is 37.6 Å². The third-order valence-corrected chi connectivity index (χ3v) is 2.96. The average molecular weight is 305 g/mol. The van der Waals surface area contributed by atoms with Crippen LogP contribution in [0.1, 0.15) is 5.56 Å². The summed E-state index contributed by atoms with van der Waals surface area (Å²) >= 11 is 0. The molecule has 0 unspecified atom stereocenters. The van der Waals surface area contributed by atoms with E-state index in [1.807, 2.05) is 0 Å². The van der Waals surface area contributed by atoms with E-state index in [9.17, 15) is 9.18 Å². The Labute approximate surface area is 123 Å². The lowest BCUT2D eigenvalue weighted by atomic mass is 10.2. The van der Waals surface area contributed by atoms with Crippen molar-refractivity contribution in [3.05, 3.63) is 29.6 Å². The first-order valence-corrected chi connectivity index (χ1v) is 6.17. The molecule has 0 spiro atoms. The lowest BCUT2D eigenvalue weighted by Crippen LogP contribution is -2.43. The molecule has 1 heterocycles. The van der Waals surface area contributed by atoms with Gasteiger partial charge in [0.2, 0.25) is 0 Å². The molecule has 0 bridgehead atoms. The summed E-state index contributed by atoms with van der Waals surface area (Å²) in [5.74, 6) is -0.217. The highest BCUT2D eigenvalue weighted by Crippen LogP contribution is 2.19. The summed E-state index contributed by atoms with van der Waals surface area (Å²) in [7, 11) is 0. The number of hydrogen-bond acceptors (Lipinski definition) is 4. The van der Waals surface area contributed by atoms with E-state index < -0.39 is 5.82 Å². The Bertz CT molecular complexity index is 453. The van der Waals surface area contributed by atoms with Gasteiger partial charge in [0.25, 0.3) is 5.91 Å². The SMILES string of the molecule is Cl.NCc1ccc(F)cc1OCC(=O)N1CCOCC1. The van der Waals surface area contributed by atoms with Gasteiger partial charge in [-0.05, 0) is 6.07 Å². The average Bonchev–Trinajstić information content (AvgIpc) is 2.46. The Morgan fingerprint density at radius 2 is 2.10 bits per heavy atom. The van der Waals surface area contributed by atoms with E-state index in [1.165, 1.54) is 12.1 Å². The standard InChI is InChI=1S/C13H17FN2O3.ClH/c14-11-2-1-10(8-15)12(7-11)19-9-13(17)16-3-5-18-6-4-16;/h1-2,7H,3-6,8-9,15H2;1H. The minimum absolute atomic E-state index is 0. The van der Waals surface area contributed by atoms with Gasteiger partial charge in [0, 0.05) is 31.3 Å². The summed E-state index contributed by atoms with van der Waals surface area (Å²) in [4.78, 5) is 13.5. The highest BCUT2D eigenvalue weighted by molar-refractivity contribution is 5.85. The smallest absolute Gasteiger partial charge is 0.260 e. The molecule has 1 aromatic carbocycles. The van der Waals surface area contributed by atoms with E-state index >= 15 is 0 Å². The van der Waals surface area contributed by atoms with Crippen molar-refractivity contribution in [1.82, 2.24) is 4.90 Å². The predicted molar refractivity (Wildman–Crippen MR) is 74.4 cm³/mol. The number of nitrogens with zero attached hydrogens (tertiary/aromatic N) is 1. The molecular formula is C13H18ClFN2O3. The fourth-order valence-electron chi connectivity index (χ4n) is 1.87. The Kier molecular flexibility index (Phi) is 6.70. The van der Waals surface area contributed by atoms with E-state index in [4.69, 9.17) is 15.2 Å². The number of carbonyl (C=O) groups is 1. The Hall–Kier alpha value is -1.37. The van der Waals surface area contributed by atoms with Crippen LogP contribution in [0.2, 0.25) is 0 Å². The molecule has 1 aliphatic heterocycles. The number of hydrogen-bond donors (Lipinski definition) is 1. The molecule has 2 N–H and O–H groups in total. The van der Waals surface area contributed by atoms with Crippen molar-refractivity contribution in [3.8, 4) is 5.75 Å². The number of benzene rings is 1. The second kappa shape index (κ2) is 8.04. The van der Waals surface area contributed by atoms with E-state index in [1.54, 1.807) is 11.0 Å². The zero-order chi connectivity index (χ0) is 13.7. The molecule has 1 amide bonds. The van der Waals surface area contributed by atoms with E-state index in [2.05, 4.69) is 0 Å². The highest BCUT2D eigenvalue weighted by Gasteiger charge is 2.17. The van der Waals surface area contributed by atoms with Gasteiger partial charge in [-0.3, -0.25) is 4.79 Å². The van der Waals surface area contributed by atoms with Gasteiger partial charge in [-0.2, -0.15) is 0 Å². The van der Waals surface area contributed by atoms with Gasteiger partial charge < -0.3 is 20.1 Å². The second-order valence-corrected chi connectivity index (χ2v) is 4.24. The highest BCUT2D eigenvalue weighted by atomic mass is 35.5. The molecule has 0 aliphatic carbocycles. The molecule has 1 aromatic rings. The minimum atomic E-state index is -0.411. The molecule has 2 rings (SSSR count). The van der Waals surface area contributed by atoms with Crippen molar-refractivity contribution >= 4 is 18.3 Å². The van der Waals surface area contributed by atoms with Gasteiger partial charge >= 0.3 is 0 Å². The quantitative estimate of drug-likeness (QED) is 0.899. The van der Waals surface area contributed by atoms with Gasteiger partial charge in [0.15, 0.2) is 6.61 Å². The Morgan fingerprint density at radius 1 is 1.40 bits per heavy atom. The normalized spacial score (nSPS) is 14.6. The zero-order valence-corrected chi connectivity index (χ0v) is 11.8. The van der Waals surface area contributed by atoms with Crippen LogP contribution in [0.4, 0.5) is 4.39 Å². The maximum atomic E-state index is 13.1. The van der Waals surface area contributed by atoms with Crippen LogP contribution in [-0.2, 0) is 16.1 Å². The zero-order valence-electron chi connectivity index (χ0n) is 11.0. The summed E-state index contributed by atoms with van der Waals surface area (Å²) in [6.07, 6.45) is 0. The van der Waals surface area contributed by atoms with Crippen LogP contribution in [0.25, 0.3) is 0 Å². The second-order valence-electron chi connectivity index (χ2n) is 4.24. The molecule has 0 atom stereocenters. The first-order chi connectivity index (χ1) is 9.20. The molecule has 7 heteroatoms. The molecule has 1 fully saturated rings. The third-order valence-electron chi connectivity index (χ3n) is 2.96. The minimum Gasteiger partial charge on any atom is -0.483 e. The van der Waals surface area contributed by atoms with E-state index in [0.717, 1.165) is 0 Å². The fourth-order valence-corrected chi connectivity index (χ4v) is 1.87. The van der Waals surface area contributed by atoms with Crippen LogP contribution in [0, 0.1) is 5.82 Å². The lowest BCUT2D eigenvalue weighted by molar-refractivity contribution is -0.137. The van der Waals surface area contributed by atoms with Crippen molar-refractivity contribution in [2.45, 2.75) is 6.54 Å². The van der Waals surface area contributed by atoms with Gasteiger partial charge in [0.05, 0.1) is 13.2 Å². The van der Waals surface area contributed by atoms with Crippen LogP contribution in [-0.4, -0.2) is 43.7 Å². The van der Waals surface area contributed by atoms with Crippen LogP contribution in [0.15, 0.2) is 18.2 Å². The molecule has 112 valence electrons. The van der Waals surface area contributed by atoms with Crippen molar-refractivity contribution in [3.63, 3.8) is 0 Å².